The second kappa shape index (κ2) is 3.30. The van der Waals surface area contributed by atoms with Crippen LogP contribution in [-0.4, -0.2) is 14.6 Å². The Kier molecular flexibility index (Phi) is 2.33. The number of nitrogens with zero attached hydrogens (tertiary/aromatic N) is 1. The minimum atomic E-state index is -3.53. The first kappa shape index (κ1) is 10.6. The van der Waals surface area contributed by atoms with E-state index in [2.05, 4.69) is 9.12 Å². The predicted molar refractivity (Wildman–Crippen MR) is 59.4 cm³/mol. The van der Waals surface area contributed by atoms with Gasteiger partial charge in [0.15, 0.2) is 0 Å². The lowest BCUT2D eigenvalue weighted by atomic mass is 9.95. The molecular weight excluding hydrogens is 236 g/mol. The van der Waals surface area contributed by atoms with E-state index in [4.69, 9.17) is 11.6 Å². The van der Waals surface area contributed by atoms with Crippen LogP contribution in [0.3, 0.4) is 0 Å². The van der Waals surface area contributed by atoms with Crippen LogP contribution in [0.2, 0.25) is 5.02 Å². The highest BCUT2D eigenvalue weighted by molar-refractivity contribution is 7.88. The predicted octanol–water partition coefficient (Wildman–Crippen LogP) is 1.47. The Morgan fingerprint density at radius 3 is 2.40 bits per heavy atom. The minimum Gasteiger partial charge on any atom is -0.187 e. The molecule has 1 atom stereocenters. The van der Waals surface area contributed by atoms with Crippen LogP contribution in [0.15, 0.2) is 28.7 Å². The molecule has 1 heterocycles. The minimum absolute atomic E-state index is 0.611. The summed E-state index contributed by atoms with van der Waals surface area (Å²) in [6, 6.07) is 6.95. The highest BCUT2D eigenvalue weighted by atomic mass is 35.5. The van der Waals surface area contributed by atoms with Crippen molar-refractivity contribution in [3.05, 3.63) is 34.9 Å². The lowest BCUT2D eigenvalue weighted by Gasteiger charge is -2.20. The SMILES string of the molecule is CC1(c2ccc(Cl)cc2)C=NS(=O)(=O)N1. The first-order valence-electron chi connectivity index (χ1n) is 4.28. The molecule has 0 bridgehead atoms. The van der Waals surface area contributed by atoms with E-state index in [1.807, 2.05) is 0 Å². The van der Waals surface area contributed by atoms with Gasteiger partial charge >= 0.3 is 10.2 Å². The Morgan fingerprint density at radius 2 is 1.93 bits per heavy atom. The molecule has 1 aromatic rings. The van der Waals surface area contributed by atoms with Crippen molar-refractivity contribution in [3.8, 4) is 0 Å². The largest absolute Gasteiger partial charge is 0.320 e. The first-order chi connectivity index (χ1) is 6.91. The molecule has 4 nitrogen and oxygen atoms in total. The highest BCUT2D eigenvalue weighted by Crippen LogP contribution is 2.25. The van der Waals surface area contributed by atoms with Gasteiger partial charge in [0.1, 0.15) is 0 Å². The van der Waals surface area contributed by atoms with Gasteiger partial charge in [0.2, 0.25) is 0 Å². The van der Waals surface area contributed by atoms with Crippen molar-refractivity contribution in [2.75, 3.05) is 0 Å². The van der Waals surface area contributed by atoms with Crippen LogP contribution in [0.25, 0.3) is 0 Å². The summed E-state index contributed by atoms with van der Waals surface area (Å²) in [5, 5.41) is 0.611. The molecule has 2 rings (SSSR count). The quantitative estimate of drug-likeness (QED) is 0.813. The molecule has 0 saturated heterocycles. The van der Waals surface area contributed by atoms with Gasteiger partial charge in [-0.3, -0.25) is 0 Å². The summed E-state index contributed by atoms with van der Waals surface area (Å²) in [7, 11) is -3.53. The van der Waals surface area contributed by atoms with Crippen molar-refractivity contribution in [3.63, 3.8) is 0 Å². The second-order valence-corrected chi connectivity index (χ2v) is 5.32. The number of hydrogen-bond donors (Lipinski definition) is 1. The molecular formula is C9H9ClN2O2S. The van der Waals surface area contributed by atoms with Gasteiger partial charge in [-0.2, -0.15) is 17.5 Å². The monoisotopic (exact) mass is 244 g/mol. The summed E-state index contributed by atoms with van der Waals surface area (Å²) in [5.74, 6) is 0. The van der Waals surface area contributed by atoms with E-state index in [-0.39, 0.29) is 0 Å². The van der Waals surface area contributed by atoms with Crippen LogP contribution in [0.4, 0.5) is 0 Å². The fourth-order valence-corrected chi connectivity index (χ4v) is 2.66. The lowest BCUT2D eigenvalue weighted by Crippen LogP contribution is -2.38. The van der Waals surface area contributed by atoms with Crippen LogP contribution < -0.4 is 4.72 Å². The molecule has 80 valence electrons. The Bertz CT molecular complexity index is 509. The zero-order chi connectivity index (χ0) is 11.1. The summed E-state index contributed by atoms with van der Waals surface area (Å²) in [5.41, 5.74) is 0.0281. The number of nitrogens with one attached hydrogen (secondary N) is 1. The Labute approximate surface area is 93.2 Å². The Morgan fingerprint density at radius 1 is 1.33 bits per heavy atom. The number of hydrogen-bond acceptors (Lipinski definition) is 2. The fraction of sp³-hybridized carbons (Fsp3) is 0.222. The van der Waals surface area contributed by atoms with E-state index in [9.17, 15) is 8.42 Å². The molecule has 0 spiro atoms. The lowest BCUT2D eigenvalue weighted by molar-refractivity contribution is 0.556. The van der Waals surface area contributed by atoms with Crippen molar-refractivity contribution in [1.82, 2.24) is 4.72 Å². The van der Waals surface area contributed by atoms with Crippen molar-refractivity contribution in [2.45, 2.75) is 12.5 Å². The zero-order valence-corrected chi connectivity index (χ0v) is 9.51. The third-order valence-electron chi connectivity index (χ3n) is 2.23. The van der Waals surface area contributed by atoms with Gasteiger partial charge in [-0.05, 0) is 24.6 Å². The van der Waals surface area contributed by atoms with E-state index in [0.29, 0.717) is 5.02 Å². The highest BCUT2D eigenvalue weighted by Gasteiger charge is 2.35. The summed E-state index contributed by atoms with van der Waals surface area (Å²) in [4.78, 5) is 0. The third-order valence-corrected chi connectivity index (χ3v) is 3.55. The average Bonchev–Trinajstić information content (AvgIpc) is 2.43. The first-order valence-corrected chi connectivity index (χ1v) is 6.10. The molecule has 1 aliphatic rings. The summed E-state index contributed by atoms with van der Waals surface area (Å²) in [6.45, 7) is 1.74. The molecule has 1 aromatic carbocycles. The molecule has 0 amide bonds. The molecule has 0 aliphatic carbocycles. The van der Waals surface area contributed by atoms with Gasteiger partial charge in [0, 0.05) is 11.2 Å². The summed E-state index contributed by atoms with van der Waals surface area (Å²) in [6.07, 6.45) is 1.38. The number of halogens is 1. The smallest absolute Gasteiger partial charge is 0.187 e. The third kappa shape index (κ3) is 2.04. The van der Waals surface area contributed by atoms with Gasteiger partial charge in [-0.25, -0.2) is 0 Å². The Hall–Kier alpha value is -0.910. The summed E-state index contributed by atoms with van der Waals surface area (Å²) < 4.78 is 28.2. The fourth-order valence-electron chi connectivity index (χ4n) is 1.43. The van der Waals surface area contributed by atoms with Crippen LogP contribution in [-0.2, 0) is 15.7 Å². The van der Waals surface area contributed by atoms with E-state index in [0.717, 1.165) is 5.56 Å². The maximum atomic E-state index is 11.2. The number of rotatable bonds is 1. The molecule has 0 fully saturated rings. The summed E-state index contributed by atoms with van der Waals surface area (Å²) >= 11 is 5.75. The normalized spacial score (nSPS) is 28.1. The molecule has 1 aliphatic heterocycles. The van der Waals surface area contributed by atoms with Gasteiger partial charge in [-0.15, -0.1) is 0 Å². The topological polar surface area (TPSA) is 58.5 Å². The molecule has 1 unspecified atom stereocenters. The van der Waals surface area contributed by atoms with Crippen molar-refractivity contribution >= 4 is 28.0 Å². The number of benzene rings is 1. The van der Waals surface area contributed by atoms with Crippen molar-refractivity contribution < 1.29 is 8.42 Å². The maximum absolute atomic E-state index is 11.2. The Balaban J connectivity index is 2.41. The van der Waals surface area contributed by atoms with Gasteiger partial charge in [0.25, 0.3) is 0 Å². The van der Waals surface area contributed by atoms with Crippen LogP contribution in [0, 0.1) is 0 Å². The molecule has 1 N–H and O–H groups in total. The molecule has 0 aromatic heterocycles. The maximum Gasteiger partial charge on any atom is 0.320 e. The van der Waals surface area contributed by atoms with Crippen molar-refractivity contribution in [1.29, 1.82) is 0 Å². The van der Waals surface area contributed by atoms with E-state index in [1.165, 1.54) is 6.21 Å². The molecule has 6 heteroatoms. The van der Waals surface area contributed by atoms with Gasteiger partial charge < -0.3 is 0 Å². The zero-order valence-electron chi connectivity index (χ0n) is 7.94. The molecule has 0 saturated carbocycles. The van der Waals surface area contributed by atoms with Crippen LogP contribution >= 0.6 is 11.6 Å². The van der Waals surface area contributed by atoms with E-state index < -0.39 is 15.7 Å². The van der Waals surface area contributed by atoms with Gasteiger partial charge in [0.05, 0.1) is 5.54 Å². The molecule has 15 heavy (non-hydrogen) atoms. The second-order valence-electron chi connectivity index (χ2n) is 3.52. The van der Waals surface area contributed by atoms with E-state index >= 15 is 0 Å². The van der Waals surface area contributed by atoms with Crippen molar-refractivity contribution in [2.24, 2.45) is 4.40 Å². The van der Waals surface area contributed by atoms with E-state index in [1.54, 1.807) is 31.2 Å². The molecule has 0 radical (unpaired) electrons. The standard InChI is InChI=1S/C9H9ClN2O2S/c1-9(6-11-15(13,14)12-9)7-2-4-8(10)5-3-7/h2-6,12H,1H3. The average molecular weight is 245 g/mol. The van der Waals surface area contributed by atoms with Crippen LogP contribution in [0.5, 0.6) is 0 Å². The van der Waals surface area contributed by atoms with Gasteiger partial charge in [-0.1, -0.05) is 23.7 Å². The van der Waals surface area contributed by atoms with Crippen LogP contribution in [0.1, 0.15) is 12.5 Å².